The Labute approximate surface area is 222 Å². The van der Waals surface area contributed by atoms with E-state index in [4.69, 9.17) is 21.7 Å². The number of aromatic nitrogens is 2. The molecule has 0 bridgehead atoms. The Morgan fingerprint density at radius 1 is 1.00 bits per heavy atom. The summed E-state index contributed by atoms with van der Waals surface area (Å²) in [6.07, 6.45) is 6.44. The first-order valence-electron chi connectivity index (χ1n) is 12.8. The van der Waals surface area contributed by atoms with Crippen molar-refractivity contribution >= 4 is 23.0 Å². The summed E-state index contributed by atoms with van der Waals surface area (Å²) in [5.41, 5.74) is 4.34. The molecule has 2 aromatic heterocycles. The van der Waals surface area contributed by atoms with Gasteiger partial charge in [-0.1, -0.05) is 23.8 Å². The minimum atomic E-state index is -0.0877. The maximum absolute atomic E-state index is 6.07. The summed E-state index contributed by atoms with van der Waals surface area (Å²) in [6, 6.07) is 26.4. The van der Waals surface area contributed by atoms with Crippen molar-refractivity contribution in [2.24, 2.45) is 0 Å². The SMILES string of the molecule is Cc1ccc(Oc2ccc(N3C(=S)N[C@H](c4ccccn4)[C@H]3c3cccn3C[C@H]3CCCO3)cc2)cc1. The van der Waals surface area contributed by atoms with Gasteiger partial charge in [0.25, 0.3) is 0 Å². The first-order chi connectivity index (χ1) is 18.2. The number of benzene rings is 2. The molecular weight excluding hydrogens is 480 g/mol. The van der Waals surface area contributed by atoms with Crippen LogP contribution in [0.4, 0.5) is 5.69 Å². The number of hydrogen-bond acceptors (Lipinski definition) is 4. The Morgan fingerprint density at radius 3 is 2.49 bits per heavy atom. The smallest absolute Gasteiger partial charge is 0.174 e. The Kier molecular flexibility index (Phi) is 6.64. The van der Waals surface area contributed by atoms with Gasteiger partial charge in [-0.25, -0.2) is 0 Å². The van der Waals surface area contributed by atoms with E-state index in [0.29, 0.717) is 5.11 Å². The van der Waals surface area contributed by atoms with E-state index in [0.717, 1.165) is 48.9 Å². The predicted octanol–water partition coefficient (Wildman–Crippen LogP) is 6.34. The maximum atomic E-state index is 6.07. The van der Waals surface area contributed by atoms with Gasteiger partial charge in [0.15, 0.2) is 5.11 Å². The molecule has 6 nitrogen and oxygen atoms in total. The van der Waals surface area contributed by atoms with Crippen molar-refractivity contribution in [2.75, 3.05) is 11.5 Å². The molecular formula is C30H30N4O2S. The summed E-state index contributed by atoms with van der Waals surface area (Å²) in [4.78, 5) is 6.88. The number of nitrogens with one attached hydrogen (secondary N) is 1. The Balaban J connectivity index is 1.33. The van der Waals surface area contributed by atoms with Gasteiger partial charge in [-0.15, -0.1) is 0 Å². The predicted molar refractivity (Wildman–Crippen MR) is 149 cm³/mol. The van der Waals surface area contributed by atoms with Gasteiger partial charge in [0, 0.05) is 36.9 Å². The van der Waals surface area contributed by atoms with Crippen LogP contribution in [0.3, 0.4) is 0 Å². The van der Waals surface area contributed by atoms with Crippen LogP contribution in [0.25, 0.3) is 0 Å². The second-order valence-corrected chi connectivity index (χ2v) is 10.0. The van der Waals surface area contributed by atoms with Crippen molar-refractivity contribution in [2.45, 2.75) is 44.5 Å². The minimum absolute atomic E-state index is 0.0670. The van der Waals surface area contributed by atoms with E-state index in [1.165, 1.54) is 11.3 Å². The monoisotopic (exact) mass is 510 g/mol. The second-order valence-electron chi connectivity index (χ2n) is 9.63. The summed E-state index contributed by atoms with van der Waals surface area (Å²) in [7, 11) is 0. The van der Waals surface area contributed by atoms with Crippen molar-refractivity contribution in [3.63, 3.8) is 0 Å². The molecule has 0 radical (unpaired) electrons. The topological polar surface area (TPSA) is 51.5 Å². The number of thiocarbonyl (C=S) groups is 1. The normalized spacial score (nSPS) is 21.3. The third kappa shape index (κ3) is 4.97. The molecule has 4 aromatic rings. The number of aryl methyl sites for hydroxylation is 1. The Hall–Kier alpha value is -3.68. The van der Waals surface area contributed by atoms with Crippen LogP contribution in [0.1, 0.15) is 41.9 Å². The number of rotatable bonds is 7. The molecule has 0 spiro atoms. The highest BCUT2D eigenvalue weighted by atomic mass is 32.1. The third-order valence-corrected chi connectivity index (χ3v) is 7.38. The van der Waals surface area contributed by atoms with Crippen LogP contribution in [0.5, 0.6) is 11.5 Å². The van der Waals surface area contributed by atoms with Crippen LogP contribution >= 0.6 is 12.2 Å². The van der Waals surface area contributed by atoms with Crippen molar-refractivity contribution in [1.29, 1.82) is 0 Å². The van der Waals surface area contributed by atoms with Crippen LogP contribution in [-0.2, 0) is 11.3 Å². The molecule has 2 fully saturated rings. The molecule has 0 aliphatic carbocycles. The quantitative estimate of drug-likeness (QED) is 0.293. The molecule has 1 N–H and O–H groups in total. The number of ether oxygens (including phenoxy) is 2. The highest BCUT2D eigenvalue weighted by molar-refractivity contribution is 7.80. The van der Waals surface area contributed by atoms with E-state index in [9.17, 15) is 0 Å². The van der Waals surface area contributed by atoms with E-state index < -0.39 is 0 Å². The standard InChI is InChI=1S/C30H30N4O2S/c1-21-9-13-23(14-10-21)36-24-15-11-22(12-16-24)34-29(28(32-30(34)37)26-7-2-3-17-31-26)27-8-4-18-33(27)20-25-6-5-19-35-25/h2-4,7-18,25,28-29H,5-6,19-20H2,1H3,(H,32,37)/t25-,28-,29-/m1/s1. The fraction of sp³-hybridized carbons (Fsp3) is 0.267. The van der Waals surface area contributed by atoms with Gasteiger partial charge >= 0.3 is 0 Å². The highest BCUT2D eigenvalue weighted by Crippen LogP contribution is 2.42. The summed E-state index contributed by atoms with van der Waals surface area (Å²) >= 11 is 5.91. The van der Waals surface area contributed by atoms with E-state index >= 15 is 0 Å². The van der Waals surface area contributed by atoms with Crippen LogP contribution in [0.15, 0.2) is 91.3 Å². The second kappa shape index (κ2) is 10.4. The fourth-order valence-corrected chi connectivity index (χ4v) is 5.57. The molecule has 3 atom stereocenters. The molecule has 2 aromatic carbocycles. The minimum Gasteiger partial charge on any atom is -0.457 e. The number of nitrogens with zero attached hydrogens (tertiary/aromatic N) is 3. The van der Waals surface area contributed by atoms with Crippen molar-refractivity contribution in [3.8, 4) is 11.5 Å². The van der Waals surface area contributed by atoms with Crippen molar-refractivity contribution < 1.29 is 9.47 Å². The Morgan fingerprint density at radius 2 is 1.78 bits per heavy atom. The van der Waals surface area contributed by atoms with Crippen LogP contribution in [-0.4, -0.2) is 27.4 Å². The fourth-order valence-electron chi connectivity index (χ4n) is 5.22. The van der Waals surface area contributed by atoms with Crippen molar-refractivity contribution in [1.82, 2.24) is 14.9 Å². The molecule has 4 heterocycles. The lowest BCUT2D eigenvalue weighted by Gasteiger charge is -2.29. The van der Waals surface area contributed by atoms with Gasteiger partial charge in [-0.3, -0.25) is 4.98 Å². The lowest BCUT2D eigenvalue weighted by molar-refractivity contribution is 0.0961. The van der Waals surface area contributed by atoms with Gasteiger partial charge in [0.1, 0.15) is 17.5 Å². The van der Waals surface area contributed by atoms with Crippen molar-refractivity contribution in [3.05, 3.63) is 108 Å². The Bertz CT molecular complexity index is 1350. The van der Waals surface area contributed by atoms with E-state index in [1.54, 1.807) is 0 Å². The highest BCUT2D eigenvalue weighted by Gasteiger charge is 2.42. The number of hydrogen-bond donors (Lipinski definition) is 1. The zero-order valence-corrected chi connectivity index (χ0v) is 21.6. The van der Waals surface area contributed by atoms with E-state index in [-0.39, 0.29) is 18.2 Å². The van der Waals surface area contributed by atoms with Gasteiger partial charge < -0.3 is 24.3 Å². The van der Waals surface area contributed by atoms with Gasteiger partial charge in [0.05, 0.1) is 17.8 Å². The largest absolute Gasteiger partial charge is 0.457 e. The molecule has 6 rings (SSSR count). The summed E-state index contributed by atoms with van der Waals surface area (Å²) < 4.78 is 14.3. The first kappa shape index (κ1) is 23.7. The molecule has 0 saturated carbocycles. The molecule has 0 unspecified atom stereocenters. The molecule has 2 saturated heterocycles. The molecule has 188 valence electrons. The summed E-state index contributed by atoms with van der Waals surface area (Å²) in [5, 5.41) is 4.24. The zero-order valence-electron chi connectivity index (χ0n) is 20.8. The lowest BCUT2D eigenvalue weighted by atomic mass is 10.0. The van der Waals surface area contributed by atoms with E-state index in [1.807, 2.05) is 54.7 Å². The molecule has 37 heavy (non-hydrogen) atoms. The summed E-state index contributed by atoms with van der Waals surface area (Å²) in [5.74, 6) is 1.60. The number of anilines is 1. The molecule has 0 amide bonds. The average molecular weight is 511 g/mol. The maximum Gasteiger partial charge on any atom is 0.174 e. The van der Waals surface area contributed by atoms with Gasteiger partial charge in [-0.05, 0) is 92.6 Å². The van der Waals surface area contributed by atoms with Gasteiger partial charge in [0.2, 0.25) is 0 Å². The van der Waals surface area contributed by atoms with Crippen LogP contribution in [0, 0.1) is 6.92 Å². The van der Waals surface area contributed by atoms with Gasteiger partial charge in [-0.2, -0.15) is 0 Å². The first-order valence-corrected chi connectivity index (χ1v) is 13.2. The average Bonchev–Trinajstić information content (AvgIpc) is 3.67. The lowest BCUT2D eigenvalue weighted by Crippen LogP contribution is -2.31. The molecule has 2 aliphatic heterocycles. The molecule has 7 heteroatoms. The molecule has 2 aliphatic rings. The summed E-state index contributed by atoms with van der Waals surface area (Å²) in [6.45, 7) is 3.74. The number of pyridine rings is 1. The third-order valence-electron chi connectivity index (χ3n) is 7.06. The van der Waals surface area contributed by atoms with Crippen LogP contribution < -0.4 is 15.0 Å². The van der Waals surface area contributed by atoms with E-state index in [2.05, 4.69) is 63.2 Å². The zero-order chi connectivity index (χ0) is 25.2. The van der Waals surface area contributed by atoms with Crippen LogP contribution in [0.2, 0.25) is 0 Å².